The first-order valence-corrected chi connectivity index (χ1v) is 7.43. The van der Waals surface area contributed by atoms with Gasteiger partial charge in [-0.15, -0.1) is 0 Å². The van der Waals surface area contributed by atoms with E-state index in [-0.39, 0.29) is 18.0 Å². The fourth-order valence-corrected chi connectivity index (χ4v) is 2.46. The van der Waals surface area contributed by atoms with Gasteiger partial charge in [0, 0.05) is 25.1 Å². The molecular weight excluding hydrogens is 257 g/mol. The van der Waals surface area contributed by atoms with Crippen molar-refractivity contribution in [1.29, 1.82) is 0 Å². The van der Waals surface area contributed by atoms with Crippen molar-refractivity contribution >= 4 is 0 Å². The third kappa shape index (κ3) is 3.49. The SMILES string of the molecule is CCCOC1C(NCC)CC1Oc1ccc(C)c(F)c1. The molecule has 1 aromatic rings. The van der Waals surface area contributed by atoms with Crippen LogP contribution in [0.2, 0.25) is 0 Å². The predicted molar refractivity (Wildman–Crippen MR) is 77.7 cm³/mol. The number of halogens is 1. The molecule has 3 unspecified atom stereocenters. The lowest BCUT2D eigenvalue weighted by Crippen LogP contribution is -2.61. The van der Waals surface area contributed by atoms with Crippen molar-refractivity contribution in [1.82, 2.24) is 5.32 Å². The fourth-order valence-electron chi connectivity index (χ4n) is 2.46. The topological polar surface area (TPSA) is 30.5 Å². The molecule has 1 saturated carbocycles. The average molecular weight is 281 g/mol. The Bertz CT molecular complexity index is 438. The first-order valence-electron chi connectivity index (χ1n) is 7.43. The molecule has 3 atom stereocenters. The average Bonchev–Trinajstić information content (AvgIpc) is 2.42. The summed E-state index contributed by atoms with van der Waals surface area (Å²) in [5, 5.41) is 3.40. The summed E-state index contributed by atoms with van der Waals surface area (Å²) in [4.78, 5) is 0. The van der Waals surface area contributed by atoms with Crippen LogP contribution in [0.4, 0.5) is 4.39 Å². The van der Waals surface area contributed by atoms with Gasteiger partial charge in [0.2, 0.25) is 0 Å². The molecule has 1 aliphatic rings. The molecular formula is C16H24FNO2. The summed E-state index contributed by atoms with van der Waals surface area (Å²) in [5.41, 5.74) is 0.635. The molecule has 20 heavy (non-hydrogen) atoms. The highest BCUT2D eigenvalue weighted by molar-refractivity contribution is 5.28. The lowest BCUT2D eigenvalue weighted by atomic mass is 9.85. The van der Waals surface area contributed by atoms with E-state index in [0.29, 0.717) is 17.4 Å². The summed E-state index contributed by atoms with van der Waals surface area (Å²) < 4.78 is 25.2. The summed E-state index contributed by atoms with van der Waals surface area (Å²) in [6, 6.07) is 5.35. The Hall–Kier alpha value is -1.13. The normalized spacial score (nSPS) is 25.3. The van der Waals surface area contributed by atoms with Gasteiger partial charge in [-0.2, -0.15) is 0 Å². The van der Waals surface area contributed by atoms with E-state index >= 15 is 0 Å². The molecule has 0 aromatic heterocycles. The maximum Gasteiger partial charge on any atom is 0.129 e. The largest absolute Gasteiger partial charge is 0.487 e. The number of ether oxygens (including phenoxy) is 2. The number of likely N-dealkylation sites (N-methyl/N-ethyl adjacent to an activating group) is 1. The zero-order valence-corrected chi connectivity index (χ0v) is 12.5. The van der Waals surface area contributed by atoms with Gasteiger partial charge in [0.05, 0.1) is 0 Å². The zero-order valence-electron chi connectivity index (χ0n) is 12.5. The lowest BCUT2D eigenvalue weighted by molar-refractivity contribution is -0.107. The highest BCUT2D eigenvalue weighted by Gasteiger charge is 2.43. The molecule has 0 heterocycles. The van der Waals surface area contributed by atoms with Gasteiger partial charge in [-0.1, -0.05) is 19.9 Å². The van der Waals surface area contributed by atoms with E-state index in [1.807, 2.05) is 6.07 Å². The van der Waals surface area contributed by atoms with Crippen LogP contribution in [0.5, 0.6) is 5.75 Å². The molecule has 0 amide bonds. The van der Waals surface area contributed by atoms with E-state index in [4.69, 9.17) is 9.47 Å². The number of nitrogens with one attached hydrogen (secondary N) is 1. The van der Waals surface area contributed by atoms with Gasteiger partial charge in [0.1, 0.15) is 23.8 Å². The van der Waals surface area contributed by atoms with Crippen LogP contribution in [0.3, 0.4) is 0 Å². The van der Waals surface area contributed by atoms with Crippen LogP contribution in [0.1, 0.15) is 32.3 Å². The van der Waals surface area contributed by atoms with Crippen LogP contribution in [0, 0.1) is 12.7 Å². The maximum absolute atomic E-state index is 13.5. The van der Waals surface area contributed by atoms with Crippen molar-refractivity contribution in [3.8, 4) is 5.75 Å². The number of benzene rings is 1. The van der Waals surface area contributed by atoms with E-state index in [2.05, 4.69) is 19.2 Å². The molecule has 1 fully saturated rings. The van der Waals surface area contributed by atoms with Gasteiger partial charge in [-0.05, 0) is 31.5 Å². The van der Waals surface area contributed by atoms with E-state index in [1.165, 1.54) is 6.07 Å². The highest BCUT2D eigenvalue weighted by Crippen LogP contribution is 2.30. The lowest BCUT2D eigenvalue weighted by Gasteiger charge is -2.44. The summed E-state index contributed by atoms with van der Waals surface area (Å²) >= 11 is 0. The van der Waals surface area contributed by atoms with Gasteiger partial charge in [-0.3, -0.25) is 0 Å². The molecule has 1 N–H and O–H groups in total. The Morgan fingerprint density at radius 3 is 2.80 bits per heavy atom. The Kier molecular flexibility index (Phi) is 5.38. The van der Waals surface area contributed by atoms with Gasteiger partial charge in [0.15, 0.2) is 0 Å². The monoisotopic (exact) mass is 281 g/mol. The molecule has 0 spiro atoms. The maximum atomic E-state index is 13.5. The molecule has 2 rings (SSSR count). The zero-order chi connectivity index (χ0) is 14.5. The summed E-state index contributed by atoms with van der Waals surface area (Å²) in [7, 11) is 0. The van der Waals surface area contributed by atoms with Crippen LogP contribution >= 0.6 is 0 Å². The smallest absolute Gasteiger partial charge is 0.129 e. The van der Waals surface area contributed by atoms with Crippen molar-refractivity contribution in [3.63, 3.8) is 0 Å². The van der Waals surface area contributed by atoms with Crippen LogP contribution in [-0.2, 0) is 4.74 Å². The van der Waals surface area contributed by atoms with Crippen molar-refractivity contribution in [2.45, 2.75) is 51.9 Å². The second-order valence-corrected chi connectivity index (χ2v) is 5.30. The molecule has 0 saturated heterocycles. The van der Waals surface area contributed by atoms with Crippen molar-refractivity contribution in [2.75, 3.05) is 13.2 Å². The summed E-state index contributed by atoms with van der Waals surface area (Å²) in [6.07, 6.45) is 1.95. The molecule has 0 bridgehead atoms. The Morgan fingerprint density at radius 2 is 2.15 bits per heavy atom. The minimum absolute atomic E-state index is 0.00714. The first kappa shape index (κ1) is 15.3. The van der Waals surface area contributed by atoms with Crippen LogP contribution in [-0.4, -0.2) is 31.4 Å². The Labute approximate surface area is 120 Å². The number of rotatable bonds is 7. The molecule has 1 aromatic carbocycles. The Morgan fingerprint density at radius 1 is 1.35 bits per heavy atom. The van der Waals surface area contributed by atoms with Gasteiger partial charge in [0.25, 0.3) is 0 Å². The van der Waals surface area contributed by atoms with Crippen LogP contribution in [0.15, 0.2) is 18.2 Å². The summed E-state index contributed by atoms with van der Waals surface area (Å²) in [6.45, 7) is 7.57. The second-order valence-electron chi connectivity index (χ2n) is 5.30. The quantitative estimate of drug-likeness (QED) is 0.833. The van der Waals surface area contributed by atoms with E-state index < -0.39 is 0 Å². The van der Waals surface area contributed by atoms with Crippen LogP contribution < -0.4 is 10.1 Å². The summed E-state index contributed by atoms with van der Waals surface area (Å²) in [5.74, 6) is 0.356. The van der Waals surface area contributed by atoms with E-state index in [9.17, 15) is 4.39 Å². The van der Waals surface area contributed by atoms with Crippen molar-refractivity contribution in [3.05, 3.63) is 29.6 Å². The van der Waals surface area contributed by atoms with E-state index in [0.717, 1.165) is 26.0 Å². The van der Waals surface area contributed by atoms with Gasteiger partial charge in [-0.25, -0.2) is 4.39 Å². The van der Waals surface area contributed by atoms with E-state index in [1.54, 1.807) is 13.0 Å². The molecule has 1 aliphatic carbocycles. The standard InChI is InChI=1S/C16H24FNO2/c1-4-8-19-16-14(18-5-2)10-15(16)20-12-7-6-11(3)13(17)9-12/h6-7,9,14-16,18H,4-5,8,10H2,1-3H3. The molecule has 0 radical (unpaired) electrons. The third-order valence-electron chi connectivity index (χ3n) is 3.66. The first-order chi connectivity index (χ1) is 9.65. The highest BCUT2D eigenvalue weighted by atomic mass is 19.1. The predicted octanol–water partition coefficient (Wildman–Crippen LogP) is 3.06. The number of hydrogen-bond acceptors (Lipinski definition) is 3. The van der Waals surface area contributed by atoms with Crippen LogP contribution in [0.25, 0.3) is 0 Å². The van der Waals surface area contributed by atoms with Gasteiger partial charge < -0.3 is 14.8 Å². The Balaban J connectivity index is 1.95. The molecule has 3 nitrogen and oxygen atoms in total. The minimum atomic E-state index is -0.226. The second kappa shape index (κ2) is 7.04. The number of aryl methyl sites for hydroxylation is 1. The third-order valence-corrected chi connectivity index (χ3v) is 3.66. The molecule has 4 heteroatoms. The fraction of sp³-hybridized carbons (Fsp3) is 0.625. The van der Waals surface area contributed by atoms with Gasteiger partial charge >= 0.3 is 0 Å². The molecule has 0 aliphatic heterocycles. The number of hydrogen-bond donors (Lipinski definition) is 1. The van der Waals surface area contributed by atoms with Crippen molar-refractivity contribution < 1.29 is 13.9 Å². The minimum Gasteiger partial charge on any atom is -0.487 e. The molecule has 112 valence electrons. The van der Waals surface area contributed by atoms with Crippen molar-refractivity contribution in [2.24, 2.45) is 0 Å².